The first-order chi connectivity index (χ1) is 15.1. The molecule has 0 aliphatic carbocycles. The van der Waals surface area contributed by atoms with Gasteiger partial charge in [0.25, 0.3) is 0 Å². The van der Waals surface area contributed by atoms with Gasteiger partial charge >= 0.3 is 5.97 Å². The highest BCUT2D eigenvalue weighted by Crippen LogP contribution is 2.21. The average Bonchev–Trinajstić information content (AvgIpc) is 2.80. The molecule has 160 valence electrons. The number of ketones is 1. The second-order valence-electron chi connectivity index (χ2n) is 7.44. The van der Waals surface area contributed by atoms with Crippen LogP contribution in [0.25, 0.3) is 11.1 Å². The van der Waals surface area contributed by atoms with E-state index >= 15 is 0 Å². The summed E-state index contributed by atoms with van der Waals surface area (Å²) in [4.78, 5) is 23.6. The standard InChI is InChI=1S/C26H28N2O3/c1-2-28-24(26(30)31)16-19-11-13-21(14-12-19)23-10-6-7-20(15-23)17-27-18-25(29)22-8-4-3-5-9-22/h3-15,24,27-28H,2,16-18H2,1H3,(H,30,31). The summed E-state index contributed by atoms with van der Waals surface area (Å²) in [6.07, 6.45) is 0.447. The van der Waals surface area contributed by atoms with Crippen LogP contribution >= 0.6 is 0 Å². The van der Waals surface area contributed by atoms with Crippen molar-refractivity contribution in [1.82, 2.24) is 10.6 Å². The van der Waals surface area contributed by atoms with Gasteiger partial charge in [-0.1, -0.05) is 79.7 Å². The second-order valence-corrected chi connectivity index (χ2v) is 7.44. The lowest BCUT2D eigenvalue weighted by Gasteiger charge is -2.13. The van der Waals surface area contributed by atoms with Gasteiger partial charge in [-0.15, -0.1) is 0 Å². The lowest BCUT2D eigenvalue weighted by atomic mass is 9.99. The number of aliphatic carboxylic acids is 1. The third-order valence-electron chi connectivity index (χ3n) is 5.11. The molecule has 0 aliphatic heterocycles. The smallest absolute Gasteiger partial charge is 0.321 e. The fourth-order valence-corrected chi connectivity index (χ4v) is 3.47. The molecule has 0 saturated heterocycles. The number of hydrogen-bond acceptors (Lipinski definition) is 4. The molecule has 5 nitrogen and oxygen atoms in total. The van der Waals surface area contributed by atoms with E-state index in [1.807, 2.05) is 79.7 Å². The van der Waals surface area contributed by atoms with Crippen LogP contribution in [-0.4, -0.2) is 36.0 Å². The number of Topliss-reactive ketones (excluding diaryl/α,β-unsaturated/α-hetero) is 1. The SMILES string of the molecule is CCNC(Cc1ccc(-c2cccc(CNCC(=O)c3ccccc3)c2)cc1)C(=O)O. The maximum absolute atomic E-state index is 12.2. The lowest BCUT2D eigenvalue weighted by Crippen LogP contribution is -2.38. The summed E-state index contributed by atoms with van der Waals surface area (Å²) in [5.74, 6) is -0.763. The van der Waals surface area contributed by atoms with Crippen molar-refractivity contribution in [1.29, 1.82) is 0 Å². The van der Waals surface area contributed by atoms with Gasteiger partial charge in [-0.25, -0.2) is 0 Å². The molecule has 1 atom stereocenters. The Kier molecular flexibility index (Phi) is 8.10. The first-order valence-electron chi connectivity index (χ1n) is 10.5. The summed E-state index contributed by atoms with van der Waals surface area (Å²) in [5.41, 5.74) is 4.95. The van der Waals surface area contributed by atoms with E-state index in [0.717, 1.165) is 22.3 Å². The van der Waals surface area contributed by atoms with E-state index in [0.29, 0.717) is 31.6 Å². The highest BCUT2D eigenvalue weighted by molar-refractivity contribution is 5.97. The average molecular weight is 417 g/mol. The number of likely N-dealkylation sites (N-methyl/N-ethyl adjacent to an activating group) is 1. The molecule has 0 heterocycles. The van der Waals surface area contributed by atoms with Crippen molar-refractivity contribution in [3.8, 4) is 11.1 Å². The van der Waals surface area contributed by atoms with E-state index in [-0.39, 0.29) is 5.78 Å². The molecule has 3 N–H and O–H groups in total. The summed E-state index contributed by atoms with van der Waals surface area (Å²) in [7, 11) is 0. The largest absolute Gasteiger partial charge is 0.480 e. The van der Waals surface area contributed by atoms with E-state index in [1.54, 1.807) is 0 Å². The summed E-state index contributed by atoms with van der Waals surface area (Å²) in [6, 6.07) is 24.9. The zero-order valence-corrected chi connectivity index (χ0v) is 17.7. The fraction of sp³-hybridized carbons (Fsp3) is 0.231. The molecular formula is C26H28N2O3. The Balaban J connectivity index is 1.59. The molecule has 0 amide bonds. The van der Waals surface area contributed by atoms with Gasteiger partial charge in [0.05, 0.1) is 6.54 Å². The van der Waals surface area contributed by atoms with E-state index < -0.39 is 12.0 Å². The normalized spacial score (nSPS) is 11.8. The highest BCUT2D eigenvalue weighted by atomic mass is 16.4. The number of hydrogen-bond donors (Lipinski definition) is 3. The van der Waals surface area contributed by atoms with Crippen LogP contribution in [0.3, 0.4) is 0 Å². The zero-order chi connectivity index (χ0) is 22.1. The third kappa shape index (κ3) is 6.60. The van der Waals surface area contributed by atoms with Gasteiger partial charge in [-0.3, -0.25) is 9.59 Å². The Morgan fingerprint density at radius 1 is 0.871 bits per heavy atom. The molecule has 0 spiro atoms. The molecule has 3 aromatic rings. The van der Waals surface area contributed by atoms with Gasteiger partial charge in [-0.05, 0) is 41.3 Å². The van der Waals surface area contributed by atoms with Crippen LogP contribution in [0.2, 0.25) is 0 Å². The van der Waals surface area contributed by atoms with Gasteiger partial charge in [-0.2, -0.15) is 0 Å². The number of carboxylic acid groups (broad SMARTS) is 1. The van der Waals surface area contributed by atoms with Crippen LogP contribution < -0.4 is 10.6 Å². The maximum atomic E-state index is 12.2. The monoisotopic (exact) mass is 416 g/mol. The predicted molar refractivity (Wildman–Crippen MR) is 123 cm³/mol. The van der Waals surface area contributed by atoms with E-state index in [1.165, 1.54) is 0 Å². The molecule has 0 radical (unpaired) electrons. The highest BCUT2D eigenvalue weighted by Gasteiger charge is 2.16. The van der Waals surface area contributed by atoms with Crippen LogP contribution in [0.15, 0.2) is 78.9 Å². The second kappa shape index (κ2) is 11.2. The molecule has 0 aromatic heterocycles. The Labute approximate surface area is 183 Å². The molecule has 0 saturated carbocycles. The Bertz CT molecular complexity index is 1000. The van der Waals surface area contributed by atoms with Crippen molar-refractivity contribution in [3.63, 3.8) is 0 Å². The Morgan fingerprint density at radius 3 is 2.29 bits per heavy atom. The van der Waals surface area contributed by atoms with Crippen LogP contribution in [0.4, 0.5) is 0 Å². The number of carbonyl (C=O) groups excluding carboxylic acids is 1. The lowest BCUT2D eigenvalue weighted by molar-refractivity contribution is -0.139. The van der Waals surface area contributed by atoms with E-state index in [9.17, 15) is 14.7 Å². The summed E-state index contributed by atoms with van der Waals surface area (Å²) in [5, 5.41) is 15.5. The topological polar surface area (TPSA) is 78.4 Å². The molecule has 3 aromatic carbocycles. The molecule has 0 fully saturated rings. The van der Waals surface area contributed by atoms with Gasteiger partial charge in [0.1, 0.15) is 6.04 Å². The number of carbonyl (C=O) groups is 2. The van der Waals surface area contributed by atoms with Crippen LogP contribution in [0.5, 0.6) is 0 Å². The number of benzene rings is 3. The minimum Gasteiger partial charge on any atom is -0.480 e. The van der Waals surface area contributed by atoms with E-state index in [4.69, 9.17) is 0 Å². The van der Waals surface area contributed by atoms with Crippen molar-refractivity contribution in [2.45, 2.75) is 25.9 Å². The number of carboxylic acids is 1. The van der Waals surface area contributed by atoms with Crippen molar-refractivity contribution >= 4 is 11.8 Å². The summed E-state index contributed by atoms with van der Waals surface area (Å²) >= 11 is 0. The molecule has 0 aliphatic rings. The van der Waals surface area contributed by atoms with Crippen LogP contribution in [0, 0.1) is 0 Å². The number of nitrogens with one attached hydrogen (secondary N) is 2. The Morgan fingerprint density at radius 2 is 1.61 bits per heavy atom. The summed E-state index contributed by atoms with van der Waals surface area (Å²) in [6.45, 7) is 3.41. The predicted octanol–water partition coefficient (Wildman–Crippen LogP) is 3.93. The quantitative estimate of drug-likeness (QED) is 0.413. The van der Waals surface area contributed by atoms with Crippen molar-refractivity contribution in [2.24, 2.45) is 0 Å². The van der Waals surface area contributed by atoms with Crippen LogP contribution in [-0.2, 0) is 17.8 Å². The molecular weight excluding hydrogens is 388 g/mol. The number of rotatable bonds is 11. The Hall–Kier alpha value is -3.28. The molecule has 31 heavy (non-hydrogen) atoms. The fourth-order valence-electron chi connectivity index (χ4n) is 3.47. The van der Waals surface area contributed by atoms with Crippen molar-refractivity contribution in [2.75, 3.05) is 13.1 Å². The first kappa shape index (κ1) is 22.4. The van der Waals surface area contributed by atoms with Crippen molar-refractivity contribution < 1.29 is 14.7 Å². The molecule has 3 rings (SSSR count). The maximum Gasteiger partial charge on any atom is 0.321 e. The third-order valence-corrected chi connectivity index (χ3v) is 5.11. The molecule has 1 unspecified atom stereocenters. The minimum absolute atomic E-state index is 0.0737. The van der Waals surface area contributed by atoms with Crippen LogP contribution in [0.1, 0.15) is 28.4 Å². The first-order valence-corrected chi connectivity index (χ1v) is 10.5. The molecule has 5 heteroatoms. The van der Waals surface area contributed by atoms with E-state index in [2.05, 4.69) is 16.7 Å². The minimum atomic E-state index is -0.836. The van der Waals surface area contributed by atoms with Gasteiger partial charge in [0.15, 0.2) is 5.78 Å². The summed E-state index contributed by atoms with van der Waals surface area (Å²) < 4.78 is 0. The van der Waals surface area contributed by atoms with Gasteiger partial charge < -0.3 is 15.7 Å². The van der Waals surface area contributed by atoms with Gasteiger partial charge in [0.2, 0.25) is 0 Å². The van der Waals surface area contributed by atoms with Crippen molar-refractivity contribution in [3.05, 3.63) is 95.6 Å². The van der Waals surface area contributed by atoms with Gasteiger partial charge in [0, 0.05) is 12.1 Å². The zero-order valence-electron chi connectivity index (χ0n) is 17.7. The molecule has 0 bridgehead atoms.